The molecule has 0 spiro atoms. The van der Waals surface area contributed by atoms with Gasteiger partial charge in [-0.25, -0.2) is 0 Å². The monoisotopic (exact) mass is 282 g/mol. The van der Waals surface area contributed by atoms with Gasteiger partial charge in [0.25, 0.3) is 0 Å². The molecule has 0 saturated carbocycles. The van der Waals surface area contributed by atoms with Crippen LogP contribution < -0.4 is 10.6 Å². The molecule has 2 N–H and O–H groups in total. The van der Waals surface area contributed by atoms with Crippen molar-refractivity contribution in [3.8, 4) is 0 Å². The Balaban J connectivity index is 2.69. The SMILES string of the molecule is CCC(NC(C)C(=O)NC(C)C)c1cccc(Cl)c1. The van der Waals surface area contributed by atoms with Crippen molar-refractivity contribution in [3.05, 3.63) is 34.9 Å². The van der Waals surface area contributed by atoms with E-state index in [1.165, 1.54) is 0 Å². The molecule has 0 bridgehead atoms. The molecular formula is C15H23ClN2O. The molecule has 0 aliphatic heterocycles. The molecule has 0 heterocycles. The summed E-state index contributed by atoms with van der Waals surface area (Å²) in [7, 11) is 0. The van der Waals surface area contributed by atoms with Gasteiger partial charge in [-0.15, -0.1) is 0 Å². The van der Waals surface area contributed by atoms with Crippen molar-refractivity contribution in [2.75, 3.05) is 0 Å². The van der Waals surface area contributed by atoms with Gasteiger partial charge in [-0.3, -0.25) is 10.1 Å². The molecule has 19 heavy (non-hydrogen) atoms. The van der Waals surface area contributed by atoms with Crippen LogP contribution in [0.5, 0.6) is 0 Å². The summed E-state index contributed by atoms with van der Waals surface area (Å²) in [6.45, 7) is 7.88. The van der Waals surface area contributed by atoms with Gasteiger partial charge in [-0.05, 0) is 44.9 Å². The number of rotatable bonds is 6. The molecule has 0 aliphatic rings. The summed E-state index contributed by atoms with van der Waals surface area (Å²) in [6, 6.07) is 7.81. The zero-order chi connectivity index (χ0) is 14.4. The predicted molar refractivity (Wildman–Crippen MR) is 80.4 cm³/mol. The van der Waals surface area contributed by atoms with E-state index in [-0.39, 0.29) is 24.0 Å². The highest BCUT2D eigenvalue weighted by molar-refractivity contribution is 6.30. The minimum Gasteiger partial charge on any atom is -0.353 e. The van der Waals surface area contributed by atoms with Crippen molar-refractivity contribution in [1.82, 2.24) is 10.6 Å². The van der Waals surface area contributed by atoms with Gasteiger partial charge in [0.2, 0.25) is 5.91 Å². The van der Waals surface area contributed by atoms with Gasteiger partial charge in [0.05, 0.1) is 6.04 Å². The maximum atomic E-state index is 11.9. The van der Waals surface area contributed by atoms with Crippen LogP contribution in [0.15, 0.2) is 24.3 Å². The summed E-state index contributed by atoms with van der Waals surface area (Å²) >= 11 is 6.01. The highest BCUT2D eigenvalue weighted by atomic mass is 35.5. The first-order chi connectivity index (χ1) is 8.93. The van der Waals surface area contributed by atoms with Crippen molar-refractivity contribution < 1.29 is 4.79 Å². The van der Waals surface area contributed by atoms with E-state index in [1.54, 1.807) is 0 Å². The lowest BCUT2D eigenvalue weighted by Gasteiger charge is -2.23. The summed E-state index contributed by atoms with van der Waals surface area (Å²) in [5.41, 5.74) is 1.11. The number of nitrogens with one attached hydrogen (secondary N) is 2. The summed E-state index contributed by atoms with van der Waals surface area (Å²) in [5, 5.41) is 6.97. The lowest BCUT2D eigenvalue weighted by atomic mass is 10.0. The first kappa shape index (κ1) is 16.0. The van der Waals surface area contributed by atoms with Crippen LogP contribution in [-0.2, 0) is 4.79 Å². The fraction of sp³-hybridized carbons (Fsp3) is 0.533. The second-order valence-corrected chi connectivity index (χ2v) is 5.50. The van der Waals surface area contributed by atoms with Crippen LogP contribution in [0.3, 0.4) is 0 Å². The van der Waals surface area contributed by atoms with E-state index in [0.29, 0.717) is 0 Å². The number of hydrogen-bond acceptors (Lipinski definition) is 2. The average Bonchev–Trinajstić information content (AvgIpc) is 2.34. The van der Waals surface area contributed by atoms with Gasteiger partial charge >= 0.3 is 0 Å². The molecule has 3 nitrogen and oxygen atoms in total. The summed E-state index contributed by atoms with van der Waals surface area (Å²) < 4.78 is 0. The third-order valence-corrected chi connectivity index (χ3v) is 3.17. The minimum atomic E-state index is -0.230. The quantitative estimate of drug-likeness (QED) is 0.841. The number of hydrogen-bond donors (Lipinski definition) is 2. The zero-order valence-electron chi connectivity index (χ0n) is 12.0. The maximum Gasteiger partial charge on any atom is 0.237 e. The molecule has 106 valence electrons. The molecule has 2 atom stereocenters. The normalized spacial score (nSPS) is 14.2. The molecule has 1 aromatic rings. The van der Waals surface area contributed by atoms with Gasteiger partial charge in [-0.2, -0.15) is 0 Å². The highest BCUT2D eigenvalue weighted by Gasteiger charge is 2.18. The second kappa shape index (κ2) is 7.51. The van der Waals surface area contributed by atoms with Crippen LogP contribution in [0.2, 0.25) is 5.02 Å². The van der Waals surface area contributed by atoms with Crippen LogP contribution >= 0.6 is 11.6 Å². The fourth-order valence-electron chi connectivity index (χ4n) is 1.96. The van der Waals surface area contributed by atoms with E-state index in [9.17, 15) is 4.79 Å². The van der Waals surface area contributed by atoms with Gasteiger partial charge in [0.15, 0.2) is 0 Å². The van der Waals surface area contributed by atoms with Crippen molar-refractivity contribution in [3.63, 3.8) is 0 Å². The van der Waals surface area contributed by atoms with Crippen molar-refractivity contribution in [2.45, 2.75) is 52.2 Å². The van der Waals surface area contributed by atoms with Crippen molar-refractivity contribution in [1.29, 1.82) is 0 Å². The number of benzene rings is 1. The van der Waals surface area contributed by atoms with Crippen LogP contribution in [-0.4, -0.2) is 18.0 Å². The zero-order valence-corrected chi connectivity index (χ0v) is 12.8. The first-order valence-corrected chi connectivity index (χ1v) is 7.13. The molecule has 0 fully saturated rings. The second-order valence-electron chi connectivity index (χ2n) is 5.07. The minimum absolute atomic E-state index is 0.0236. The third kappa shape index (κ3) is 5.21. The summed E-state index contributed by atoms with van der Waals surface area (Å²) in [6.07, 6.45) is 0.902. The highest BCUT2D eigenvalue weighted by Crippen LogP contribution is 2.20. The molecule has 0 saturated heterocycles. The van der Waals surface area contributed by atoms with Gasteiger partial charge in [-0.1, -0.05) is 30.7 Å². The van der Waals surface area contributed by atoms with Crippen LogP contribution in [0.25, 0.3) is 0 Å². The molecule has 1 aromatic carbocycles. The Kier molecular flexibility index (Phi) is 6.32. The average molecular weight is 283 g/mol. The smallest absolute Gasteiger partial charge is 0.237 e. The fourth-order valence-corrected chi connectivity index (χ4v) is 2.16. The standard InChI is InChI=1S/C15H23ClN2O/c1-5-14(12-7-6-8-13(16)9-12)18-11(4)15(19)17-10(2)3/h6-11,14,18H,5H2,1-4H3,(H,17,19). The Morgan fingerprint density at radius 2 is 2.00 bits per heavy atom. The third-order valence-electron chi connectivity index (χ3n) is 2.93. The van der Waals surface area contributed by atoms with Gasteiger partial charge in [0.1, 0.15) is 0 Å². The predicted octanol–water partition coefficient (Wildman–Crippen LogP) is 3.29. The molecule has 4 heteroatoms. The molecule has 1 amide bonds. The maximum absolute atomic E-state index is 11.9. The molecular weight excluding hydrogens is 260 g/mol. The number of halogens is 1. The van der Waals surface area contributed by atoms with Gasteiger partial charge < -0.3 is 5.32 Å². The largest absolute Gasteiger partial charge is 0.353 e. The number of carbonyl (C=O) groups excluding carboxylic acids is 1. The Morgan fingerprint density at radius 3 is 2.53 bits per heavy atom. The van der Waals surface area contributed by atoms with E-state index in [2.05, 4.69) is 17.6 Å². The molecule has 1 rings (SSSR count). The van der Waals surface area contributed by atoms with Crippen molar-refractivity contribution in [2.24, 2.45) is 0 Å². The lowest BCUT2D eigenvalue weighted by Crippen LogP contribution is -2.45. The Labute approximate surface area is 120 Å². The van der Waals surface area contributed by atoms with E-state index in [4.69, 9.17) is 11.6 Å². The Morgan fingerprint density at radius 1 is 1.32 bits per heavy atom. The van der Waals surface area contributed by atoms with Crippen molar-refractivity contribution >= 4 is 17.5 Å². The molecule has 0 radical (unpaired) electrons. The Bertz CT molecular complexity index is 420. The van der Waals surface area contributed by atoms with E-state index < -0.39 is 0 Å². The van der Waals surface area contributed by atoms with E-state index >= 15 is 0 Å². The number of amides is 1. The summed E-state index contributed by atoms with van der Waals surface area (Å²) in [4.78, 5) is 11.9. The van der Waals surface area contributed by atoms with E-state index in [1.807, 2.05) is 45.0 Å². The topological polar surface area (TPSA) is 41.1 Å². The first-order valence-electron chi connectivity index (χ1n) is 6.76. The molecule has 0 aliphatic carbocycles. The van der Waals surface area contributed by atoms with Gasteiger partial charge in [0, 0.05) is 17.1 Å². The molecule has 0 aromatic heterocycles. The number of carbonyl (C=O) groups is 1. The Hall–Kier alpha value is -1.06. The summed E-state index contributed by atoms with van der Waals surface area (Å²) in [5.74, 6) is 0.0236. The molecule has 2 unspecified atom stereocenters. The van der Waals surface area contributed by atoms with Crippen LogP contribution in [0, 0.1) is 0 Å². The van der Waals surface area contributed by atoms with Crippen LogP contribution in [0.4, 0.5) is 0 Å². The van der Waals surface area contributed by atoms with E-state index in [0.717, 1.165) is 17.0 Å². The van der Waals surface area contributed by atoms with Crippen LogP contribution in [0.1, 0.15) is 45.7 Å². The lowest BCUT2D eigenvalue weighted by molar-refractivity contribution is -0.123.